The summed E-state index contributed by atoms with van der Waals surface area (Å²) >= 11 is 5.67. The average Bonchev–Trinajstić information content (AvgIpc) is 2.42. The van der Waals surface area contributed by atoms with Gasteiger partial charge in [-0.25, -0.2) is 9.18 Å². The monoisotopic (exact) mass is 293 g/mol. The predicted molar refractivity (Wildman–Crippen MR) is 73.1 cm³/mol. The van der Waals surface area contributed by atoms with Crippen LogP contribution in [0.2, 0.25) is 5.02 Å². The number of ether oxygens (including phenoxy) is 1. The smallest absolute Gasteiger partial charge is 0.336 e. The Kier molecular flexibility index (Phi) is 4.32. The molecule has 0 bridgehead atoms. The summed E-state index contributed by atoms with van der Waals surface area (Å²) in [5.41, 5.74) is 0.0706. The lowest BCUT2D eigenvalue weighted by Crippen LogP contribution is -2.14. The van der Waals surface area contributed by atoms with Crippen molar-refractivity contribution in [3.63, 3.8) is 0 Å². The van der Waals surface area contributed by atoms with Crippen molar-refractivity contribution in [1.29, 1.82) is 0 Å². The number of halogens is 2. The molecule has 1 aromatic carbocycles. The first-order chi connectivity index (χ1) is 9.54. The van der Waals surface area contributed by atoms with E-state index in [2.05, 4.69) is 4.98 Å². The van der Waals surface area contributed by atoms with Crippen molar-refractivity contribution < 1.29 is 13.9 Å². The van der Waals surface area contributed by atoms with Crippen molar-refractivity contribution in [1.82, 2.24) is 4.98 Å². The highest BCUT2D eigenvalue weighted by atomic mass is 35.5. The van der Waals surface area contributed by atoms with Gasteiger partial charge >= 0.3 is 5.97 Å². The maximum Gasteiger partial charge on any atom is 0.336 e. The van der Waals surface area contributed by atoms with Gasteiger partial charge in [-0.2, -0.15) is 0 Å². The molecule has 0 radical (unpaired) electrons. The van der Waals surface area contributed by atoms with Crippen molar-refractivity contribution in [2.75, 3.05) is 0 Å². The summed E-state index contributed by atoms with van der Waals surface area (Å²) in [7, 11) is 0. The molecule has 20 heavy (non-hydrogen) atoms. The van der Waals surface area contributed by atoms with Crippen molar-refractivity contribution >= 4 is 23.6 Å². The summed E-state index contributed by atoms with van der Waals surface area (Å²) < 4.78 is 17.5. The van der Waals surface area contributed by atoms with Crippen molar-refractivity contribution in [2.24, 2.45) is 0 Å². The molecule has 102 valence electrons. The molecular formula is C14H9ClFNO3. The zero-order chi connectivity index (χ0) is 14.5. The second kappa shape index (κ2) is 6.16. The molecule has 2 aromatic rings. The Morgan fingerprint density at radius 2 is 2.00 bits per heavy atom. The Labute approximate surface area is 118 Å². The number of aromatic nitrogens is 1. The van der Waals surface area contributed by atoms with Crippen LogP contribution in [-0.2, 0) is 4.79 Å². The minimum atomic E-state index is -0.734. The average molecular weight is 294 g/mol. The van der Waals surface area contributed by atoms with Gasteiger partial charge in [-0.3, -0.25) is 4.79 Å². The fourth-order valence-corrected chi connectivity index (χ4v) is 1.55. The summed E-state index contributed by atoms with van der Waals surface area (Å²) in [6.07, 6.45) is 3.86. The third-order valence-corrected chi connectivity index (χ3v) is 2.54. The number of pyridine rings is 1. The number of nitrogens with one attached hydrogen (secondary N) is 1. The van der Waals surface area contributed by atoms with E-state index in [1.54, 1.807) is 0 Å². The quantitative estimate of drug-likeness (QED) is 0.699. The van der Waals surface area contributed by atoms with Crippen molar-refractivity contribution in [3.8, 4) is 5.75 Å². The highest BCUT2D eigenvalue weighted by Gasteiger charge is 2.06. The summed E-state index contributed by atoms with van der Waals surface area (Å²) in [5, 5.41) is 0.245. The maximum absolute atomic E-state index is 12.7. The minimum Gasteiger partial charge on any atom is -0.417 e. The van der Waals surface area contributed by atoms with E-state index >= 15 is 0 Å². The van der Waals surface area contributed by atoms with E-state index < -0.39 is 11.5 Å². The number of H-pyrrole nitrogens is 1. The van der Waals surface area contributed by atoms with Gasteiger partial charge in [0.05, 0.1) is 5.02 Å². The molecule has 0 aliphatic rings. The summed E-state index contributed by atoms with van der Waals surface area (Å²) in [4.78, 5) is 25.2. The number of hydrogen-bond donors (Lipinski definition) is 1. The molecule has 0 saturated carbocycles. The Hall–Kier alpha value is -2.40. The van der Waals surface area contributed by atoms with Gasteiger partial charge in [0.15, 0.2) is 5.75 Å². The third-order valence-electron chi connectivity index (χ3n) is 2.33. The molecule has 0 amide bonds. The predicted octanol–water partition coefficient (Wildman–Crippen LogP) is 2.79. The lowest BCUT2D eigenvalue weighted by atomic mass is 10.2. The molecule has 0 saturated heterocycles. The molecule has 1 aromatic heterocycles. The standard InChI is InChI=1S/C14H9ClFNO3/c15-10-7-12(14(19)17-8-10)20-13(18)6-3-9-1-4-11(16)5-2-9/h1-8H,(H,17,19). The Balaban J connectivity index is 2.07. The fraction of sp³-hybridized carbons (Fsp3) is 0. The molecule has 0 unspecified atom stereocenters. The number of benzene rings is 1. The van der Waals surface area contributed by atoms with E-state index in [1.165, 1.54) is 42.6 Å². The van der Waals surface area contributed by atoms with E-state index in [9.17, 15) is 14.0 Å². The zero-order valence-electron chi connectivity index (χ0n) is 10.1. The van der Waals surface area contributed by atoms with Crippen molar-refractivity contribution in [2.45, 2.75) is 0 Å². The molecule has 1 N–H and O–H groups in total. The highest BCUT2D eigenvalue weighted by Crippen LogP contribution is 2.11. The second-order valence-corrected chi connectivity index (χ2v) is 4.25. The van der Waals surface area contributed by atoms with Crippen LogP contribution in [-0.4, -0.2) is 11.0 Å². The molecule has 0 atom stereocenters. The van der Waals surface area contributed by atoms with Crippen LogP contribution < -0.4 is 10.3 Å². The minimum absolute atomic E-state index is 0.189. The lowest BCUT2D eigenvalue weighted by Gasteiger charge is -2.00. The fourth-order valence-electron chi connectivity index (χ4n) is 1.39. The second-order valence-electron chi connectivity index (χ2n) is 3.82. The van der Waals surface area contributed by atoms with Crippen LogP contribution in [0.5, 0.6) is 5.75 Å². The number of carbonyl (C=O) groups excluding carboxylic acids is 1. The Morgan fingerprint density at radius 1 is 1.30 bits per heavy atom. The van der Waals surface area contributed by atoms with Gasteiger partial charge in [-0.05, 0) is 23.8 Å². The van der Waals surface area contributed by atoms with Gasteiger partial charge in [0, 0.05) is 18.3 Å². The van der Waals surface area contributed by atoms with E-state index in [0.29, 0.717) is 5.56 Å². The molecule has 4 nitrogen and oxygen atoms in total. The highest BCUT2D eigenvalue weighted by molar-refractivity contribution is 6.30. The van der Waals surface area contributed by atoms with Crippen LogP contribution in [0, 0.1) is 5.82 Å². The number of rotatable bonds is 3. The van der Waals surface area contributed by atoms with Crippen molar-refractivity contribution in [3.05, 3.63) is 69.4 Å². The first-order valence-electron chi connectivity index (χ1n) is 5.58. The molecule has 1 heterocycles. The van der Waals surface area contributed by atoms with Crippen LogP contribution >= 0.6 is 11.6 Å². The van der Waals surface area contributed by atoms with Crippen LogP contribution in [0.3, 0.4) is 0 Å². The number of esters is 1. The van der Waals surface area contributed by atoms with Gasteiger partial charge in [0.2, 0.25) is 0 Å². The van der Waals surface area contributed by atoms with Gasteiger partial charge < -0.3 is 9.72 Å². The molecule has 2 rings (SSSR count). The van der Waals surface area contributed by atoms with Crippen LogP contribution in [0.15, 0.2) is 47.4 Å². The zero-order valence-corrected chi connectivity index (χ0v) is 10.9. The third kappa shape index (κ3) is 3.80. The maximum atomic E-state index is 12.7. The number of aromatic amines is 1. The number of carbonyl (C=O) groups is 1. The Bertz CT molecular complexity index is 707. The SMILES string of the molecule is O=C(C=Cc1ccc(F)cc1)Oc1cc(Cl)c[nH]c1=O. The molecular weight excluding hydrogens is 285 g/mol. The van der Waals surface area contributed by atoms with Gasteiger partial charge in [0.25, 0.3) is 5.56 Å². The molecule has 0 aliphatic carbocycles. The summed E-state index contributed by atoms with van der Waals surface area (Å²) in [6.45, 7) is 0. The normalized spacial score (nSPS) is 10.7. The van der Waals surface area contributed by atoms with E-state index in [-0.39, 0.29) is 16.6 Å². The van der Waals surface area contributed by atoms with Crippen LogP contribution in [0.1, 0.15) is 5.56 Å². The lowest BCUT2D eigenvalue weighted by molar-refractivity contribution is -0.129. The molecule has 6 heteroatoms. The van der Waals surface area contributed by atoms with E-state index in [1.807, 2.05) is 0 Å². The number of hydrogen-bond acceptors (Lipinski definition) is 3. The summed E-state index contributed by atoms with van der Waals surface area (Å²) in [6, 6.07) is 6.79. The van der Waals surface area contributed by atoms with Crippen LogP contribution in [0.25, 0.3) is 6.08 Å². The molecule has 0 aliphatic heterocycles. The Morgan fingerprint density at radius 3 is 2.70 bits per heavy atom. The van der Waals surface area contributed by atoms with Gasteiger partial charge in [-0.15, -0.1) is 0 Å². The van der Waals surface area contributed by atoms with E-state index in [0.717, 1.165) is 6.08 Å². The topological polar surface area (TPSA) is 59.2 Å². The molecule has 0 fully saturated rings. The van der Waals surface area contributed by atoms with Gasteiger partial charge in [-0.1, -0.05) is 23.7 Å². The first kappa shape index (κ1) is 14.0. The first-order valence-corrected chi connectivity index (χ1v) is 5.96. The largest absolute Gasteiger partial charge is 0.417 e. The molecule has 0 spiro atoms. The van der Waals surface area contributed by atoms with Crippen LogP contribution in [0.4, 0.5) is 4.39 Å². The van der Waals surface area contributed by atoms with E-state index in [4.69, 9.17) is 16.3 Å². The summed E-state index contributed by atoms with van der Waals surface area (Å²) in [5.74, 6) is -1.29. The van der Waals surface area contributed by atoms with Gasteiger partial charge in [0.1, 0.15) is 5.82 Å².